The number of aromatic nitrogens is 1. The van der Waals surface area contributed by atoms with Gasteiger partial charge in [-0.25, -0.2) is 0 Å². The summed E-state index contributed by atoms with van der Waals surface area (Å²) in [4.78, 5) is 13.5. The van der Waals surface area contributed by atoms with Gasteiger partial charge in [0.05, 0.1) is 17.4 Å². The maximum atomic E-state index is 13.5. The molecule has 1 aliphatic rings. The van der Waals surface area contributed by atoms with E-state index in [1.165, 1.54) is 12.3 Å². The average molecular weight is 523 g/mol. The number of pyridine rings is 1. The van der Waals surface area contributed by atoms with Gasteiger partial charge < -0.3 is 10.4 Å². The van der Waals surface area contributed by atoms with Crippen LogP contribution >= 0.6 is 15.9 Å². The van der Waals surface area contributed by atoms with Crippen molar-refractivity contribution in [3.63, 3.8) is 0 Å². The SMILES string of the molecule is O=c1c(C2=NS(=O)(=O)c3ccccc3N2)c(O)c2ccccc2n1/N=C/c1cccc(Br)c1. The summed E-state index contributed by atoms with van der Waals surface area (Å²) in [5.74, 6) is -0.654. The standard InChI is InChI=1S/C23H15BrN4O4S/c24-15-7-5-6-14(12-15)13-25-28-18-10-3-1-8-16(18)21(29)20(23(28)30)22-26-17-9-2-4-11-19(17)33(31,32)27-22/h1-13,29H,(H,26,27)/b25-13+. The molecule has 4 aromatic rings. The van der Waals surface area contributed by atoms with Crippen molar-refractivity contribution in [1.29, 1.82) is 0 Å². The lowest BCUT2D eigenvalue weighted by atomic mass is 10.1. The summed E-state index contributed by atoms with van der Waals surface area (Å²) in [6.45, 7) is 0. The fraction of sp³-hybridized carbons (Fsp3) is 0. The highest BCUT2D eigenvalue weighted by Crippen LogP contribution is 2.32. The Kier molecular flexibility index (Phi) is 5.10. The number of sulfonamides is 1. The zero-order chi connectivity index (χ0) is 23.2. The number of para-hydroxylation sites is 2. The van der Waals surface area contributed by atoms with E-state index in [0.29, 0.717) is 10.9 Å². The quantitative estimate of drug-likeness (QED) is 0.396. The van der Waals surface area contributed by atoms with Crippen molar-refractivity contribution in [2.75, 3.05) is 5.32 Å². The van der Waals surface area contributed by atoms with Gasteiger partial charge in [-0.3, -0.25) is 4.79 Å². The molecule has 1 aromatic heterocycles. The molecule has 1 aliphatic heterocycles. The minimum Gasteiger partial charge on any atom is -0.506 e. The van der Waals surface area contributed by atoms with Gasteiger partial charge in [-0.1, -0.05) is 52.3 Å². The third-order valence-electron chi connectivity index (χ3n) is 5.07. The third kappa shape index (κ3) is 3.73. The van der Waals surface area contributed by atoms with Crippen molar-refractivity contribution in [2.45, 2.75) is 4.90 Å². The van der Waals surface area contributed by atoms with Crippen LogP contribution in [0.5, 0.6) is 5.75 Å². The topological polar surface area (TPSA) is 113 Å². The molecule has 0 amide bonds. The first-order valence-corrected chi connectivity index (χ1v) is 12.0. The number of aromatic hydroxyl groups is 1. The number of hydrogen-bond donors (Lipinski definition) is 2. The molecule has 8 nitrogen and oxygen atoms in total. The Balaban J connectivity index is 1.75. The van der Waals surface area contributed by atoms with E-state index in [0.717, 1.165) is 14.7 Å². The van der Waals surface area contributed by atoms with Crippen LogP contribution in [0.1, 0.15) is 11.1 Å². The summed E-state index contributed by atoms with van der Waals surface area (Å²) < 4.78 is 31.2. The molecule has 0 aliphatic carbocycles. The van der Waals surface area contributed by atoms with Gasteiger partial charge in [0, 0.05) is 9.86 Å². The second-order valence-electron chi connectivity index (χ2n) is 7.19. The van der Waals surface area contributed by atoms with Gasteiger partial charge in [-0.05, 0) is 42.0 Å². The van der Waals surface area contributed by atoms with Gasteiger partial charge in [0.25, 0.3) is 15.6 Å². The molecule has 0 saturated carbocycles. The Morgan fingerprint density at radius 1 is 1.03 bits per heavy atom. The van der Waals surface area contributed by atoms with Gasteiger partial charge in [0.2, 0.25) is 0 Å². The molecule has 5 rings (SSSR count). The largest absolute Gasteiger partial charge is 0.506 e. The summed E-state index contributed by atoms with van der Waals surface area (Å²) in [5.41, 5.74) is 0.337. The van der Waals surface area contributed by atoms with Crippen molar-refractivity contribution in [2.24, 2.45) is 9.50 Å². The van der Waals surface area contributed by atoms with E-state index in [4.69, 9.17) is 0 Å². The van der Waals surface area contributed by atoms with E-state index in [1.54, 1.807) is 42.5 Å². The first-order valence-electron chi connectivity index (χ1n) is 9.73. The summed E-state index contributed by atoms with van der Waals surface area (Å²) >= 11 is 3.40. The highest BCUT2D eigenvalue weighted by atomic mass is 79.9. The van der Waals surface area contributed by atoms with Crippen molar-refractivity contribution in [3.05, 3.63) is 98.7 Å². The molecule has 0 spiro atoms. The number of halogens is 1. The van der Waals surface area contributed by atoms with Gasteiger partial charge in [0.15, 0.2) is 5.84 Å². The zero-order valence-electron chi connectivity index (χ0n) is 16.8. The summed E-state index contributed by atoms with van der Waals surface area (Å²) in [7, 11) is -4.08. The van der Waals surface area contributed by atoms with E-state index in [1.807, 2.05) is 24.3 Å². The predicted octanol–water partition coefficient (Wildman–Crippen LogP) is 3.91. The molecule has 3 aromatic carbocycles. The van der Waals surface area contributed by atoms with Crippen molar-refractivity contribution in [1.82, 2.24) is 4.68 Å². The van der Waals surface area contributed by atoms with Gasteiger partial charge in [0.1, 0.15) is 16.2 Å². The number of rotatable bonds is 3. The van der Waals surface area contributed by atoms with Gasteiger partial charge in [-0.15, -0.1) is 4.40 Å². The first-order chi connectivity index (χ1) is 15.8. The van der Waals surface area contributed by atoms with Crippen molar-refractivity contribution < 1.29 is 13.5 Å². The van der Waals surface area contributed by atoms with E-state index in [-0.39, 0.29) is 27.7 Å². The lowest BCUT2D eigenvalue weighted by molar-refractivity contribution is 0.478. The molecular formula is C23H15BrN4O4S. The summed E-state index contributed by atoms with van der Waals surface area (Å²) in [5, 5.41) is 18.5. The van der Waals surface area contributed by atoms with Crippen LogP contribution in [0.15, 0.2) is 96.5 Å². The monoisotopic (exact) mass is 522 g/mol. The minimum absolute atomic E-state index is 0.0120. The Labute approximate surface area is 196 Å². The maximum Gasteiger partial charge on any atom is 0.286 e. The Morgan fingerprint density at radius 2 is 1.79 bits per heavy atom. The minimum atomic E-state index is -4.08. The lowest BCUT2D eigenvalue weighted by Gasteiger charge is -2.19. The lowest BCUT2D eigenvalue weighted by Crippen LogP contribution is -2.31. The number of anilines is 1. The second-order valence-corrected chi connectivity index (χ2v) is 9.68. The van der Waals surface area contributed by atoms with Crippen molar-refractivity contribution >= 4 is 54.6 Å². The van der Waals surface area contributed by atoms with Gasteiger partial charge >= 0.3 is 0 Å². The van der Waals surface area contributed by atoms with E-state index >= 15 is 0 Å². The van der Waals surface area contributed by atoms with E-state index in [2.05, 4.69) is 30.7 Å². The van der Waals surface area contributed by atoms with Crippen LogP contribution in [0.4, 0.5) is 5.69 Å². The molecule has 0 fully saturated rings. The number of hydrogen-bond acceptors (Lipinski definition) is 6. The number of benzene rings is 3. The van der Waals surface area contributed by atoms with Gasteiger partial charge in [-0.2, -0.15) is 18.2 Å². The zero-order valence-corrected chi connectivity index (χ0v) is 19.2. The number of nitrogens with one attached hydrogen (secondary N) is 1. The molecule has 0 atom stereocenters. The molecule has 0 radical (unpaired) electrons. The highest BCUT2D eigenvalue weighted by molar-refractivity contribution is 9.10. The van der Waals surface area contributed by atoms with Crippen LogP contribution in [-0.2, 0) is 10.0 Å². The van der Waals surface area contributed by atoms with E-state index in [9.17, 15) is 18.3 Å². The number of fused-ring (bicyclic) bond motifs is 2. The molecule has 2 N–H and O–H groups in total. The molecule has 0 unspecified atom stereocenters. The average Bonchev–Trinajstić information content (AvgIpc) is 2.79. The fourth-order valence-electron chi connectivity index (χ4n) is 3.57. The van der Waals surface area contributed by atoms with Crippen LogP contribution in [0.25, 0.3) is 10.9 Å². The molecule has 2 heterocycles. The smallest absolute Gasteiger partial charge is 0.286 e. The van der Waals surface area contributed by atoms with E-state index < -0.39 is 15.6 Å². The molecule has 0 saturated heterocycles. The highest BCUT2D eigenvalue weighted by Gasteiger charge is 2.29. The molecule has 10 heteroatoms. The van der Waals surface area contributed by atoms with Crippen LogP contribution in [0.3, 0.4) is 0 Å². The number of nitrogens with zero attached hydrogens (tertiary/aromatic N) is 3. The first kappa shape index (κ1) is 21.1. The third-order valence-corrected chi connectivity index (χ3v) is 6.90. The maximum absolute atomic E-state index is 13.5. The molecule has 33 heavy (non-hydrogen) atoms. The Hall–Kier alpha value is -3.76. The predicted molar refractivity (Wildman–Crippen MR) is 131 cm³/mol. The normalized spacial score (nSPS) is 14.6. The number of amidine groups is 1. The molecule has 0 bridgehead atoms. The molecular weight excluding hydrogens is 508 g/mol. The summed E-state index contributed by atoms with van der Waals surface area (Å²) in [6, 6.07) is 20.2. The fourth-order valence-corrected chi connectivity index (χ4v) is 5.11. The van der Waals surface area contributed by atoms with Crippen molar-refractivity contribution in [3.8, 4) is 5.75 Å². The van der Waals surface area contributed by atoms with Crippen LogP contribution in [0.2, 0.25) is 0 Å². The summed E-state index contributed by atoms with van der Waals surface area (Å²) in [6.07, 6.45) is 1.50. The van der Waals surface area contributed by atoms with Crippen LogP contribution < -0.4 is 10.9 Å². The Bertz CT molecular complexity index is 1660. The second kappa shape index (κ2) is 7.98. The van der Waals surface area contributed by atoms with Crippen LogP contribution in [-0.4, -0.2) is 30.3 Å². The van der Waals surface area contributed by atoms with Crippen LogP contribution in [0, 0.1) is 0 Å². The molecule has 164 valence electrons. The Morgan fingerprint density at radius 3 is 2.61 bits per heavy atom.